The molecule has 1 unspecified atom stereocenters. The van der Waals surface area contributed by atoms with Gasteiger partial charge in [0.15, 0.2) is 6.29 Å². The summed E-state index contributed by atoms with van der Waals surface area (Å²) in [5, 5.41) is 37.6. The van der Waals surface area contributed by atoms with Crippen molar-refractivity contribution in [2.75, 3.05) is 13.2 Å². The first-order valence-corrected chi connectivity index (χ1v) is 8.00. The molecule has 21 heavy (non-hydrogen) atoms. The van der Waals surface area contributed by atoms with Gasteiger partial charge in [-0.2, -0.15) is 0 Å². The SMILES string of the molecule is C[C@@H]1OC(OCCCCCCCCCO)[C@H](O)[C@H](O)[C@H]1O. The minimum absolute atomic E-state index is 0.274. The van der Waals surface area contributed by atoms with Crippen LogP contribution in [0.25, 0.3) is 0 Å². The molecule has 0 bridgehead atoms. The fourth-order valence-electron chi connectivity index (χ4n) is 2.45. The van der Waals surface area contributed by atoms with Gasteiger partial charge in [0.05, 0.1) is 6.10 Å². The van der Waals surface area contributed by atoms with Crippen molar-refractivity contribution >= 4 is 0 Å². The molecule has 6 nitrogen and oxygen atoms in total. The third-order valence-electron chi connectivity index (χ3n) is 3.89. The lowest BCUT2D eigenvalue weighted by molar-refractivity contribution is -0.293. The average Bonchev–Trinajstić information content (AvgIpc) is 2.48. The van der Waals surface area contributed by atoms with Crippen molar-refractivity contribution in [3.05, 3.63) is 0 Å². The van der Waals surface area contributed by atoms with Crippen LogP contribution in [-0.4, -0.2) is 64.3 Å². The standard InChI is InChI=1S/C15H30O6/c1-11-12(17)13(18)14(19)15(21-11)20-10-8-6-4-2-3-5-7-9-16/h11-19H,2-10H2,1H3/t11-,12-,13+,14+,15?/m0/s1. The first-order valence-electron chi connectivity index (χ1n) is 8.00. The second-order valence-electron chi connectivity index (χ2n) is 5.75. The van der Waals surface area contributed by atoms with Gasteiger partial charge in [-0.15, -0.1) is 0 Å². The molecule has 1 aliphatic heterocycles. The Morgan fingerprint density at radius 1 is 0.810 bits per heavy atom. The van der Waals surface area contributed by atoms with Crippen LogP contribution in [0.4, 0.5) is 0 Å². The van der Waals surface area contributed by atoms with Crippen LogP contribution in [0.3, 0.4) is 0 Å². The molecule has 1 aliphatic rings. The number of rotatable bonds is 10. The van der Waals surface area contributed by atoms with E-state index in [-0.39, 0.29) is 6.61 Å². The lowest BCUT2D eigenvalue weighted by Crippen LogP contribution is -2.57. The molecule has 4 N–H and O–H groups in total. The smallest absolute Gasteiger partial charge is 0.186 e. The molecule has 126 valence electrons. The van der Waals surface area contributed by atoms with Crippen molar-refractivity contribution < 1.29 is 29.9 Å². The lowest BCUT2D eigenvalue weighted by atomic mass is 10.00. The number of ether oxygens (including phenoxy) is 2. The Morgan fingerprint density at radius 3 is 2.00 bits per heavy atom. The van der Waals surface area contributed by atoms with E-state index in [0.29, 0.717) is 6.61 Å². The zero-order valence-corrected chi connectivity index (χ0v) is 12.9. The number of aliphatic hydroxyl groups excluding tert-OH is 4. The van der Waals surface area contributed by atoms with Gasteiger partial charge in [-0.3, -0.25) is 0 Å². The molecule has 0 spiro atoms. The fourth-order valence-corrected chi connectivity index (χ4v) is 2.45. The lowest BCUT2D eigenvalue weighted by Gasteiger charge is -2.38. The summed E-state index contributed by atoms with van der Waals surface area (Å²) in [6.45, 7) is 2.38. The first kappa shape index (κ1) is 18.8. The Morgan fingerprint density at radius 2 is 1.38 bits per heavy atom. The van der Waals surface area contributed by atoms with Crippen LogP contribution in [0.5, 0.6) is 0 Å². The van der Waals surface area contributed by atoms with Gasteiger partial charge in [-0.25, -0.2) is 0 Å². The van der Waals surface area contributed by atoms with Crippen LogP contribution < -0.4 is 0 Å². The summed E-state index contributed by atoms with van der Waals surface area (Å²) in [5.74, 6) is 0. The Kier molecular flexibility index (Phi) is 9.39. The van der Waals surface area contributed by atoms with Gasteiger partial charge in [0.1, 0.15) is 18.3 Å². The Bertz CT molecular complexity index is 263. The normalized spacial score (nSPS) is 33.3. The highest BCUT2D eigenvalue weighted by Crippen LogP contribution is 2.22. The number of aliphatic hydroxyl groups is 4. The molecule has 0 aromatic carbocycles. The van der Waals surface area contributed by atoms with Gasteiger partial charge in [-0.05, 0) is 19.8 Å². The molecule has 6 heteroatoms. The van der Waals surface area contributed by atoms with E-state index in [9.17, 15) is 15.3 Å². The predicted octanol–water partition coefficient (Wildman–Crippen LogP) is 0.553. The second kappa shape index (κ2) is 10.5. The highest BCUT2D eigenvalue weighted by Gasteiger charge is 2.42. The van der Waals surface area contributed by atoms with Crippen molar-refractivity contribution in [2.24, 2.45) is 0 Å². The zero-order valence-electron chi connectivity index (χ0n) is 12.9. The summed E-state index contributed by atoms with van der Waals surface area (Å²) < 4.78 is 10.8. The monoisotopic (exact) mass is 306 g/mol. The van der Waals surface area contributed by atoms with E-state index in [1.807, 2.05) is 0 Å². The molecule has 1 rings (SSSR count). The van der Waals surface area contributed by atoms with Crippen LogP contribution in [0.2, 0.25) is 0 Å². The largest absolute Gasteiger partial charge is 0.396 e. The predicted molar refractivity (Wildman–Crippen MR) is 77.7 cm³/mol. The van der Waals surface area contributed by atoms with E-state index in [2.05, 4.69) is 0 Å². The molecular weight excluding hydrogens is 276 g/mol. The quantitative estimate of drug-likeness (QED) is 0.440. The van der Waals surface area contributed by atoms with Gasteiger partial charge in [0.25, 0.3) is 0 Å². The van der Waals surface area contributed by atoms with E-state index in [1.54, 1.807) is 6.92 Å². The van der Waals surface area contributed by atoms with Crippen molar-refractivity contribution in [3.8, 4) is 0 Å². The first-order chi connectivity index (χ1) is 10.1. The third-order valence-corrected chi connectivity index (χ3v) is 3.89. The zero-order chi connectivity index (χ0) is 15.7. The van der Waals surface area contributed by atoms with E-state index in [0.717, 1.165) is 44.9 Å². The topological polar surface area (TPSA) is 99.4 Å². The fraction of sp³-hybridized carbons (Fsp3) is 1.00. The highest BCUT2D eigenvalue weighted by molar-refractivity contribution is 4.87. The van der Waals surface area contributed by atoms with Gasteiger partial charge in [0, 0.05) is 13.2 Å². The van der Waals surface area contributed by atoms with Crippen molar-refractivity contribution in [1.29, 1.82) is 0 Å². The molecular formula is C15H30O6. The van der Waals surface area contributed by atoms with E-state index in [4.69, 9.17) is 14.6 Å². The molecule has 0 amide bonds. The minimum atomic E-state index is -1.23. The van der Waals surface area contributed by atoms with Crippen molar-refractivity contribution in [1.82, 2.24) is 0 Å². The molecule has 1 fully saturated rings. The highest BCUT2D eigenvalue weighted by atomic mass is 16.7. The summed E-state index contributed by atoms with van der Waals surface area (Å²) in [6, 6.07) is 0. The molecule has 1 saturated heterocycles. The summed E-state index contributed by atoms with van der Waals surface area (Å²) in [7, 11) is 0. The van der Waals surface area contributed by atoms with Crippen molar-refractivity contribution in [3.63, 3.8) is 0 Å². The van der Waals surface area contributed by atoms with Crippen LogP contribution in [0, 0.1) is 0 Å². The average molecular weight is 306 g/mol. The second-order valence-corrected chi connectivity index (χ2v) is 5.75. The number of hydrogen-bond donors (Lipinski definition) is 4. The maximum atomic E-state index is 9.77. The van der Waals surface area contributed by atoms with Crippen LogP contribution >= 0.6 is 0 Å². The van der Waals surface area contributed by atoms with Gasteiger partial charge in [-0.1, -0.05) is 32.1 Å². The van der Waals surface area contributed by atoms with Gasteiger partial charge in [0.2, 0.25) is 0 Å². The molecule has 0 aliphatic carbocycles. The summed E-state index contributed by atoms with van der Waals surface area (Å²) in [5.41, 5.74) is 0. The maximum Gasteiger partial charge on any atom is 0.186 e. The van der Waals surface area contributed by atoms with Crippen LogP contribution in [0.1, 0.15) is 51.9 Å². The molecule has 0 saturated carbocycles. The van der Waals surface area contributed by atoms with E-state index in [1.165, 1.54) is 0 Å². The van der Waals surface area contributed by atoms with Crippen LogP contribution in [0.15, 0.2) is 0 Å². The Balaban J connectivity index is 2.04. The summed E-state index contributed by atoms with van der Waals surface area (Å²) in [4.78, 5) is 0. The van der Waals surface area contributed by atoms with E-state index >= 15 is 0 Å². The van der Waals surface area contributed by atoms with Crippen LogP contribution in [-0.2, 0) is 9.47 Å². The molecule has 1 heterocycles. The maximum absolute atomic E-state index is 9.77. The molecule has 5 atom stereocenters. The summed E-state index contributed by atoms with van der Waals surface area (Å²) >= 11 is 0. The van der Waals surface area contributed by atoms with Crippen molar-refractivity contribution in [2.45, 2.75) is 82.6 Å². The summed E-state index contributed by atoms with van der Waals surface area (Å²) in [6.07, 6.45) is 2.35. The Labute approximate surface area is 126 Å². The van der Waals surface area contributed by atoms with E-state index < -0.39 is 30.7 Å². The Hall–Kier alpha value is -0.240. The number of hydrogen-bond acceptors (Lipinski definition) is 6. The molecule has 0 aromatic heterocycles. The molecule has 0 radical (unpaired) electrons. The molecule has 0 aromatic rings. The third kappa shape index (κ3) is 6.59. The van der Waals surface area contributed by atoms with Gasteiger partial charge >= 0.3 is 0 Å². The minimum Gasteiger partial charge on any atom is -0.396 e. The number of unbranched alkanes of at least 4 members (excludes halogenated alkanes) is 6. The van der Waals surface area contributed by atoms with Gasteiger partial charge < -0.3 is 29.9 Å².